The van der Waals surface area contributed by atoms with E-state index in [4.69, 9.17) is 10.5 Å². The van der Waals surface area contributed by atoms with Crippen LogP contribution in [0.5, 0.6) is 0 Å². The number of nitrogens with one attached hydrogen (secondary N) is 1. The molecule has 0 radical (unpaired) electrons. The molecule has 2 rings (SSSR count). The van der Waals surface area contributed by atoms with Crippen LogP contribution in [0.1, 0.15) is 39.0 Å². The molecule has 124 valence electrons. The maximum atomic E-state index is 5.86. The van der Waals surface area contributed by atoms with Crippen LogP contribution in [0.25, 0.3) is 0 Å². The third kappa shape index (κ3) is 7.65. The number of likely N-dealkylation sites (tertiary alicyclic amines) is 1. The van der Waals surface area contributed by atoms with Crippen molar-refractivity contribution in [3.8, 4) is 0 Å². The molecule has 2 heterocycles. The quantitative estimate of drug-likeness (QED) is 0.304. The molecule has 2 fully saturated rings. The molecule has 0 aromatic rings. The first-order valence-electron chi connectivity index (χ1n) is 8.12. The Balaban J connectivity index is 0.00000220. The number of rotatable bonds is 6. The minimum atomic E-state index is 0. The first-order valence-corrected chi connectivity index (χ1v) is 8.12. The molecule has 0 aromatic heterocycles. The second-order valence-electron chi connectivity index (χ2n) is 6.19. The molecular formula is C15H31IN4O. The van der Waals surface area contributed by atoms with Gasteiger partial charge in [-0.05, 0) is 51.1 Å². The van der Waals surface area contributed by atoms with E-state index in [2.05, 4.69) is 22.1 Å². The summed E-state index contributed by atoms with van der Waals surface area (Å²) in [6.07, 6.45) is 6.41. The molecule has 0 spiro atoms. The van der Waals surface area contributed by atoms with Gasteiger partial charge in [0.15, 0.2) is 5.96 Å². The number of aliphatic imine (C=N–C) groups is 1. The van der Waals surface area contributed by atoms with E-state index in [0.29, 0.717) is 12.5 Å². The van der Waals surface area contributed by atoms with E-state index < -0.39 is 0 Å². The zero-order chi connectivity index (χ0) is 14.2. The number of halogens is 1. The fourth-order valence-electron chi connectivity index (χ4n) is 3.05. The van der Waals surface area contributed by atoms with Gasteiger partial charge >= 0.3 is 0 Å². The number of guanidine groups is 1. The monoisotopic (exact) mass is 410 g/mol. The Hall–Kier alpha value is -0.0800. The van der Waals surface area contributed by atoms with Crippen LogP contribution in [0.2, 0.25) is 0 Å². The van der Waals surface area contributed by atoms with E-state index in [1.807, 2.05) is 0 Å². The fourth-order valence-corrected chi connectivity index (χ4v) is 3.05. The molecule has 6 heteroatoms. The highest BCUT2D eigenvalue weighted by Gasteiger charge is 2.16. The van der Waals surface area contributed by atoms with Gasteiger partial charge in [0, 0.05) is 19.7 Å². The van der Waals surface area contributed by atoms with Crippen LogP contribution in [-0.2, 0) is 4.74 Å². The molecule has 0 amide bonds. The third-order valence-corrected chi connectivity index (χ3v) is 4.19. The average Bonchev–Trinajstić information content (AvgIpc) is 2.95. The minimum Gasteiger partial charge on any atom is -0.376 e. The molecule has 2 saturated heterocycles. The third-order valence-electron chi connectivity index (χ3n) is 4.19. The van der Waals surface area contributed by atoms with Crippen molar-refractivity contribution in [3.63, 3.8) is 0 Å². The van der Waals surface area contributed by atoms with Crippen molar-refractivity contribution in [1.29, 1.82) is 0 Å². The van der Waals surface area contributed by atoms with Crippen molar-refractivity contribution < 1.29 is 4.74 Å². The summed E-state index contributed by atoms with van der Waals surface area (Å²) in [6.45, 7) is 8.50. The van der Waals surface area contributed by atoms with Crippen LogP contribution < -0.4 is 11.1 Å². The van der Waals surface area contributed by atoms with Crippen molar-refractivity contribution in [2.75, 3.05) is 39.3 Å². The molecule has 0 aliphatic carbocycles. The predicted octanol–water partition coefficient (Wildman–Crippen LogP) is 1.81. The highest BCUT2D eigenvalue weighted by atomic mass is 127. The molecular weight excluding hydrogens is 379 g/mol. The number of hydrogen-bond donors (Lipinski definition) is 2. The van der Waals surface area contributed by atoms with E-state index in [1.54, 1.807) is 0 Å². The Morgan fingerprint density at radius 2 is 2.24 bits per heavy atom. The van der Waals surface area contributed by atoms with Gasteiger partial charge in [-0.15, -0.1) is 24.0 Å². The zero-order valence-electron chi connectivity index (χ0n) is 13.2. The minimum absolute atomic E-state index is 0. The SMILES string of the molecule is CC1CCCN(CCCNC(N)=NCC2CCCO2)C1.I. The predicted molar refractivity (Wildman–Crippen MR) is 98.3 cm³/mol. The number of ether oxygens (including phenoxy) is 1. The van der Waals surface area contributed by atoms with Gasteiger partial charge in [0.1, 0.15) is 0 Å². The van der Waals surface area contributed by atoms with E-state index in [-0.39, 0.29) is 30.1 Å². The van der Waals surface area contributed by atoms with Gasteiger partial charge < -0.3 is 20.7 Å². The second kappa shape index (κ2) is 10.6. The highest BCUT2D eigenvalue weighted by Crippen LogP contribution is 2.15. The van der Waals surface area contributed by atoms with Crippen molar-refractivity contribution in [3.05, 3.63) is 0 Å². The van der Waals surface area contributed by atoms with Crippen LogP contribution in [0.3, 0.4) is 0 Å². The summed E-state index contributed by atoms with van der Waals surface area (Å²) in [5, 5.41) is 3.20. The molecule has 2 aliphatic rings. The standard InChI is InChI=1S/C15H30N4O.HI/c1-13-5-2-8-19(12-13)9-4-7-17-15(16)18-11-14-6-3-10-20-14;/h13-14H,2-12H2,1H3,(H3,16,17,18);1H. The van der Waals surface area contributed by atoms with E-state index in [9.17, 15) is 0 Å². The Kier molecular flexibility index (Phi) is 9.59. The van der Waals surface area contributed by atoms with Crippen LogP contribution in [0.15, 0.2) is 4.99 Å². The lowest BCUT2D eigenvalue weighted by molar-refractivity contribution is 0.117. The number of nitrogens with two attached hydrogens (primary N) is 1. The topological polar surface area (TPSA) is 62.9 Å². The van der Waals surface area contributed by atoms with Gasteiger partial charge in [0.2, 0.25) is 0 Å². The molecule has 2 aliphatic heterocycles. The highest BCUT2D eigenvalue weighted by molar-refractivity contribution is 14.0. The second-order valence-corrected chi connectivity index (χ2v) is 6.19. The van der Waals surface area contributed by atoms with E-state index in [1.165, 1.54) is 25.9 Å². The summed E-state index contributed by atoms with van der Waals surface area (Å²) in [7, 11) is 0. The Labute approximate surface area is 146 Å². The number of nitrogens with zero attached hydrogens (tertiary/aromatic N) is 2. The summed E-state index contributed by atoms with van der Waals surface area (Å²) in [4.78, 5) is 6.91. The lowest BCUT2D eigenvalue weighted by Crippen LogP contribution is -2.38. The molecule has 0 bridgehead atoms. The summed E-state index contributed by atoms with van der Waals surface area (Å²) < 4.78 is 5.52. The lowest BCUT2D eigenvalue weighted by atomic mass is 10.0. The van der Waals surface area contributed by atoms with Gasteiger partial charge in [-0.1, -0.05) is 6.92 Å². The summed E-state index contributed by atoms with van der Waals surface area (Å²) >= 11 is 0. The van der Waals surface area contributed by atoms with E-state index >= 15 is 0 Å². The summed E-state index contributed by atoms with van der Waals surface area (Å²) in [5.74, 6) is 1.42. The molecule has 0 saturated carbocycles. The molecule has 21 heavy (non-hydrogen) atoms. The smallest absolute Gasteiger partial charge is 0.188 e. The zero-order valence-corrected chi connectivity index (χ0v) is 15.6. The van der Waals surface area contributed by atoms with Gasteiger partial charge in [-0.3, -0.25) is 4.99 Å². The van der Waals surface area contributed by atoms with Gasteiger partial charge in [0.05, 0.1) is 12.6 Å². The first kappa shape index (κ1) is 19.0. The normalized spacial score (nSPS) is 27.4. The van der Waals surface area contributed by atoms with Gasteiger partial charge in [-0.25, -0.2) is 0 Å². The summed E-state index contributed by atoms with van der Waals surface area (Å²) in [5.41, 5.74) is 5.86. The molecule has 3 N–H and O–H groups in total. The van der Waals surface area contributed by atoms with Crippen molar-refractivity contribution >= 4 is 29.9 Å². The largest absolute Gasteiger partial charge is 0.376 e. The van der Waals surface area contributed by atoms with Gasteiger partial charge in [0.25, 0.3) is 0 Å². The number of hydrogen-bond acceptors (Lipinski definition) is 3. The molecule has 2 unspecified atom stereocenters. The van der Waals surface area contributed by atoms with Crippen LogP contribution in [0.4, 0.5) is 0 Å². The Morgan fingerprint density at radius 3 is 2.95 bits per heavy atom. The Bertz CT molecular complexity index is 308. The first-order chi connectivity index (χ1) is 9.74. The maximum Gasteiger partial charge on any atom is 0.188 e. The lowest BCUT2D eigenvalue weighted by Gasteiger charge is -2.30. The van der Waals surface area contributed by atoms with Crippen LogP contribution >= 0.6 is 24.0 Å². The maximum absolute atomic E-state index is 5.86. The average molecular weight is 410 g/mol. The van der Waals surface area contributed by atoms with Crippen LogP contribution in [0, 0.1) is 5.92 Å². The van der Waals surface area contributed by atoms with Crippen LogP contribution in [-0.4, -0.2) is 56.3 Å². The van der Waals surface area contributed by atoms with Crippen molar-refractivity contribution in [2.24, 2.45) is 16.6 Å². The van der Waals surface area contributed by atoms with Crippen molar-refractivity contribution in [2.45, 2.75) is 45.1 Å². The molecule has 0 aromatic carbocycles. The van der Waals surface area contributed by atoms with Gasteiger partial charge in [-0.2, -0.15) is 0 Å². The molecule has 5 nitrogen and oxygen atoms in total. The fraction of sp³-hybridized carbons (Fsp3) is 0.933. The number of piperidine rings is 1. The summed E-state index contributed by atoms with van der Waals surface area (Å²) in [6, 6.07) is 0. The molecule has 2 atom stereocenters. The van der Waals surface area contributed by atoms with Crippen molar-refractivity contribution in [1.82, 2.24) is 10.2 Å². The Morgan fingerprint density at radius 1 is 1.38 bits per heavy atom. The van der Waals surface area contributed by atoms with E-state index in [0.717, 1.165) is 44.9 Å².